The van der Waals surface area contributed by atoms with Gasteiger partial charge in [0.25, 0.3) is 5.56 Å². The molecule has 0 aliphatic rings. The lowest BCUT2D eigenvalue weighted by atomic mass is 10.2. The number of benzene rings is 2. The predicted molar refractivity (Wildman–Crippen MR) is 118 cm³/mol. The maximum Gasteiger partial charge on any atom is 0.416 e. The topological polar surface area (TPSA) is 73.2 Å². The molecular formula is C22H22F3N3O3S. The van der Waals surface area contributed by atoms with Crippen LogP contribution in [-0.4, -0.2) is 34.4 Å². The number of amides is 1. The fourth-order valence-electron chi connectivity index (χ4n) is 3.11. The molecule has 32 heavy (non-hydrogen) atoms. The molecule has 170 valence electrons. The normalized spacial score (nSPS) is 13.7. The van der Waals surface area contributed by atoms with Gasteiger partial charge < -0.3 is 10.1 Å². The van der Waals surface area contributed by atoms with Crippen molar-refractivity contribution in [3.63, 3.8) is 0 Å². The second kappa shape index (κ2) is 9.74. The molecule has 1 amide bonds. The largest absolute Gasteiger partial charge is 0.416 e. The molecule has 0 fully saturated rings. The van der Waals surface area contributed by atoms with E-state index in [1.54, 1.807) is 31.2 Å². The summed E-state index contributed by atoms with van der Waals surface area (Å²) < 4.78 is 44.8. The zero-order chi connectivity index (χ0) is 23.5. The number of thioether (sulfide) groups is 1. The highest BCUT2D eigenvalue weighted by Gasteiger charge is 2.30. The summed E-state index contributed by atoms with van der Waals surface area (Å²) in [6, 6.07) is 10.8. The summed E-state index contributed by atoms with van der Waals surface area (Å²) in [7, 11) is 1.53. The van der Waals surface area contributed by atoms with Gasteiger partial charge in [-0.2, -0.15) is 13.2 Å². The average Bonchev–Trinajstić information content (AvgIpc) is 2.73. The molecule has 1 aromatic heterocycles. The van der Waals surface area contributed by atoms with Crippen LogP contribution < -0.4 is 10.9 Å². The molecule has 0 spiro atoms. The van der Waals surface area contributed by atoms with Gasteiger partial charge in [0, 0.05) is 12.8 Å². The number of methoxy groups -OCH3 is 1. The van der Waals surface area contributed by atoms with E-state index < -0.39 is 22.9 Å². The summed E-state index contributed by atoms with van der Waals surface area (Å²) >= 11 is 1.09. The zero-order valence-electron chi connectivity index (χ0n) is 17.6. The summed E-state index contributed by atoms with van der Waals surface area (Å²) in [5.41, 5.74) is -0.282. The first kappa shape index (κ1) is 23.8. The lowest BCUT2D eigenvalue weighted by Gasteiger charge is -2.20. The van der Waals surface area contributed by atoms with Crippen LogP contribution >= 0.6 is 11.8 Å². The van der Waals surface area contributed by atoms with Gasteiger partial charge in [-0.25, -0.2) is 4.98 Å². The van der Waals surface area contributed by atoms with Crippen LogP contribution in [0.25, 0.3) is 10.9 Å². The average molecular weight is 465 g/mol. The number of hydrogen-bond donors (Lipinski definition) is 1. The van der Waals surface area contributed by atoms with Gasteiger partial charge in [0.05, 0.1) is 34.4 Å². The molecule has 0 aliphatic heterocycles. The first-order chi connectivity index (χ1) is 15.1. The van der Waals surface area contributed by atoms with E-state index in [9.17, 15) is 22.8 Å². The summed E-state index contributed by atoms with van der Waals surface area (Å²) in [6.07, 6.45) is -4.45. The minimum atomic E-state index is -4.45. The number of carbonyl (C=O) groups is 1. The second-order valence-corrected chi connectivity index (χ2v) is 8.52. The van der Waals surface area contributed by atoms with Gasteiger partial charge in [0.2, 0.25) is 5.91 Å². The fraction of sp³-hybridized carbons (Fsp3) is 0.318. The summed E-state index contributed by atoms with van der Waals surface area (Å²) in [5.74, 6) is -0.428. The Kier molecular flexibility index (Phi) is 7.25. The molecule has 10 heteroatoms. The molecule has 0 radical (unpaired) electrons. The van der Waals surface area contributed by atoms with Gasteiger partial charge >= 0.3 is 6.18 Å². The lowest BCUT2D eigenvalue weighted by molar-refractivity contribution is -0.137. The monoisotopic (exact) mass is 465 g/mol. The van der Waals surface area contributed by atoms with E-state index in [4.69, 9.17) is 4.74 Å². The van der Waals surface area contributed by atoms with Crippen LogP contribution in [0.2, 0.25) is 0 Å². The van der Waals surface area contributed by atoms with Gasteiger partial charge in [0.1, 0.15) is 0 Å². The number of fused-ring (bicyclic) bond motifs is 1. The Bertz CT molecular complexity index is 1160. The number of nitrogens with one attached hydrogen (secondary N) is 1. The van der Waals surface area contributed by atoms with Gasteiger partial charge in [-0.05, 0) is 50.2 Å². The van der Waals surface area contributed by atoms with Crippen LogP contribution in [0.3, 0.4) is 0 Å². The molecule has 0 saturated carbocycles. The molecule has 0 unspecified atom stereocenters. The quantitative estimate of drug-likeness (QED) is 0.403. The summed E-state index contributed by atoms with van der Waals surface area (Å²) in [5, 5.41) is 2.74. The Labute approximate surface area is 186 Å². The molecule has 1 N–H and O–H groups in total. The minimum Gasteiger partial charge on any atom is -0.383 e. The SMILES string of the molecule is COC[C@H](C)n1c(S[C@H](C)C(=O)Nc2ccc(C(F)(F)F)cc2)nc2ccccc2c1=O. The van der Waals surface area contributed by atoms with Gasteiger partial charge in [-0.1, -0.05) is 23.9 Å². The molecule has 6 nitrogen and oxygen atoms in total. The number of anilines is 1. The third-order valence-corrected chi connectivity index (χ3v) is 5.82. The van der Waals surface area contributed by atoms with E-state index in [0.29, 0.717) is 16.1 Å². The van der Waals surface area contributed by atoms with Crippen molar-refractivity contribution in [1.82, 2.24) is 9.55 Å². The van der Waals surface area contributed by atoms with Gasteiger partial charge in [0.15, 0.2) is 5.16 Å². The Morgan fingerprint density at radius 3 is 2.44 bits per heavy atom. The highest BCUT2D eigenvalue weighted by atomic mass is 32.2. The lowest BCUT2D eigenvalue weighted by Crippen LogP contribution is -2.30. The van der Waals surface area contributed by atoms with Crippen molar-refractivity contribution in [3.05, 3.63) is 64.4 Å². The third-order valence-electron chi connectivity index (χ3n) is 4.76. The zero-order valence-corrected chi connectivity index (χ0v) is 18.5. The van der Waals surface area contributed by atoms with Crippen molar-refractivity contribution in [1.29, 1.82) is 0 Å². The van der Waals surface area contributed by atoms with Crippen molar-refractivity contribution >= 4 is 34.3 Å². The number of alkyl halides is 3. The van der Waals surface area contributed by atoms with Crippen LogP contribution in [0.15, 0.2) is 58.5 Å². The number of rotatable bonds is 7. The first-order valence-corrected chi connectivity index (χ1v) is 10.6. The fourth-order valence-corrected chi connectivity index (χ4v) is 4.12. The number of ether oxygens (including phenoxy) is 1. The third kappa shape index (κ3) is 5.31. The van der Waals surface area contributed by atoms with Crippen LogP contribution in [0.1, 0.15) is 25.5 Å². The van der Waals surface area contributed by atoms with E-state index in [-0.39, 0.29) is 23.9 Å². The molecule has 0 aliphatic carbocycles. The molecule has 3 rings (SSSR count). The van der Waals surface area contributed by atoms with E-state index in [1.165, 1.54) is 23.8 Å². The predicted octanol–water partition coefficient (Wildman–Crippen LogP) is 4.74. The minimum absolute atomic E-state index is 0.238. The van der Waals surface area contributed by atoms with Crippen LogP contribution in [0.5, 0.6) is 0 Å². The highest BCUT2D eigenvalue weighted by Crippen LogP contribution is 2.30. The van der Waals surface area contributed by atoms with E-state index >= 15 is 0 Å². The molecule has 0 saturated heterocycles. The van der Waals surface area contributed by atoms with E-state index in [2.05, 4.69) is 10.3 Å². The molecule has 2 aromatic carbocycles. The maximum atomic E-state index is 13.1. The Morgan fingerprint density at radius 2 is 1.81 bits per heavy atom. The van der Waals surface area contributed by atoms with E-state index in [0.717, 1.165) is 23.9 Å². The van der Waals surface area contributed by atoms with Crippen LogP contribution in [-0.2, 0) is 15.7 Å². The number of para-hydroxylation sites is 1. The Morgan fingerprint density at radius 1 is 1.16 bits per heavy atom. The van der Waals surface area contributed by atoms with Crippen LogP contribution in [0.4, 0.5) is 18.9 Å². The number of hydrogen-bond acceptors (Lipinski definition) is 5. The van der Waals surface area contributed by atoms with Gasteiger partial charge in [-0.3, -0.25) is 14.2 Å². The Hall–Kier alpha value is -2.85. The molecular weight excluding hydrogens is 443 g/mol. The molecule has 1 heterocycles. The second-order valence-electron chi connectivity index (χ2n) is 7.22. The smallest absolute Gasteiger partial charge is 0.383 e. The molecule has 2 atom stereocenters. The van der Waals surface area contributed by atoms with Crippen molar-refractivity contribution < 1.29 is 22.7 Å². The summed E-state index contributed by atoms with van der Waals surface area (Å²) in [4.78, 5) is 30.3. The van der Waals surface area contributed by atoms with Gasteiger partial charge in [-0.15, -0.1) is 0 Å². The standard InChI is InChI=1S/C22H22F3N3O3S/c1-13(12-31-3)28-20(30)17-6-4-5-7-18(17)27-21(28)32-14(2)19(29)26-16-10-8-15(9-11-16)22(23,24)25/h4-11,13-14H,12H2,1-3H3,(H,26,29)/t13-,14+/m0/s1. The van der Waals surface area contributed by atoms with E-state index in [1.807, 2.05) is 6.92 Å². The number of nitrogens with zero attached hydrogens (tertiary/aromatic N) is 2. The molecule has 3 aromatic rings. The number of carbonyl (C=O) groups excluding carboxylic acids is 1. The maximum absolute atomic E-state index is 13.1. The number of aromatic nitrogens is 2. The summed E-state index contributed by atoms with van der Waals surface area (Å²) in [6.45, 7) is 3.73. The number of halogens is 3. The van der Waals surface area contributed by atoms with Crippen molar-refractivity contribution in [3.8, 4) is 0 Å². The van der Waals surface area contributed by atoms with Crippen LogP contribution in [0, 0.1) is 0 Å². The van der Waals surface area contributed by atoms with Crippen molar-refractivity contribution in [2.24, 2.45) is 0 Å². The molecule has 0 bridgehead atoms. The first-order valence-electron chi connectivity index (χ1n) is 9.76. The highest BCUT2D eigenvalue weighted by molar-refractivity contribution is 8.00. The van der Waals surface area contributed by atoms with Crippen molar-refractivity contribution in [2.75, 3.05) is 19.0 Å². The van der Waals surface area contributed by atoms with Crippen molar-refractivity contribution in [2.45, 2.75) is 36.5 Å². The Balaban J connectivity index is 1.85.